The first-order chi connectivity index (χ1) is 9.99. The molecule has 110 valence electrons. The van der Waals surface area contributed by atoms with Gasteiger partial charge in [0.1, 0.15) is 0 Å². The van der Waals surface area contributed by atoms with E-state index in [1.807, 2.05) is 36.4 Å². The van der Waals surface area contributed by atoms with E-state index in [0.29, 0.717) is 16.6 Å². The summed E-state index contributed by atoms with van der Waals surface area (Å²) < 4.78 is 0. The summed E-state index contributed by atoms with van der Waals surface area (Å²) in [4.78, 5) is 10.9. The highest BCUT2D eigenvalue weighted by molar-refractivity contribution is 6.43. The van der Waals surface area contributed by atoms with E-state index in [4.69, 9.17) is 28.3 Å². The van der Waals surface area contributed by atoms with E-state index in [1.54, 1.807) is 13.0 Å². The summed E-state index contributed by atoms with van der Waals surface area (Å²) >= 11 is 12.1. The van der Waals surface area contributed by atoms with Gasteiger partial charge in [-0.25, -0.2) is 0 Å². The Hall–Kier alpha value is -1.71. The predicted molar refractivity (Wildman–Crippen MR) is 86.3 cm³/mol. The van der Waals surface area contributed by atoms with Crippen LogP contribution in [0.4, 0.5) is 5.69 Å². The van der Waals surface area contributed by atoms with Gasteiger partial charge in [0.25, 0.3) is 0 Å². The highest BCUT2D eigenvalue weighted by Crippen LogP contribution is 2.29. The molecule has 0 aromatic heterocycles. The molecule has 2 N–H and O–H groups in total. The molecule has 0 aliphatic rings. The normalized spacial score (nSPS) is 12.0. The van der Waals surface area contributed by atoms with Gasteiger partial charge in [0.15, 0.2) is 0 Å². The second-order valence-corrected chi connectivity index (χ2v) is 5.54. The molecular formula is C16H15Cl2NO2. The van der Waals surface area contributed by atoms with Crippen molar-refractivity contribution in [3.05, 3.63) is 63.6 Å². The van der Waals surface area contributed by atoms with Gasteiger partial charge in [-0.2, -0.15) is 0 Å². The highest BCUT2D eigenvalue weighted by atomic mass is 35.5. The van der Waals surface area contributed by atoms with Crippen LogP contribution in [0.3, 0.4) is 0 Å². The molecule has 5 heteroatoms. The lowest BCUT2D eigenvalue weighted by Gasteiger charge is -2.11. The van der Waals surface area contributed by atoms with E-state index >= 15 is 0 Å². The average molecular weight is 324 g/mol. The van der Waals surface area contributed by atoms with Crippen LogP contribution in [-0.2, 0) is 11.3 Å². The molecule has 0 spiro atoms. The van der Waals surface area contributed by atoms with Crippen molar-refractivity contribution in [2.75, 3.05) is 5.32 Å². The highest BCUT2D eigenvalue weighted by Gasteiger charge is 2.13. The average Bonchev–Trinajstić information content (AvgIpc) is 2.48. The third-order valence-electron chi connectivity index (χ3n) is 3.28. The van der Waals surface area contributed by atoms with Gasteiger partial charge in [0.05, 0.1) is 21.7 Å². The van der Waals surface area contributed by atoms with E-state index < -0.39 is 11.9 Å². The maximum Gasteiger partial charge on any atom is 0.310 e. The quantitative estimate of drug-likeness (QED) is 0.831. The summed E-state index contributed by atoms with van der Waals surface area (Å²) in [6.07, 6.45) is 0. The smallest absolute Gasteiger partial charge is 0.310 e. The second-order valence-electron chi connectivity index (χ2n) is 4.76. The monoisotopic (exact) mass is 323 g/mol. The molecule has 0 saturated carbocycles. The zero-order chi connectivity index (χ0) is 15.4. The molecule has 0 bridgehead atoms. The van der Waals surface area contributed by atoms with Crippen molar-refractivity contribution >= 4 is 34.9 Å². The third-order valence-corrected chi connectivity index (χ3v) is 4.10. The van der Waals surface area contributed by atoms with Gasteiger partial charge in [-0.3, -0.25) is 4.79 Å². The van der Waals surface area contributed by atoms with E-state index in [0.717, 1.165) is 16.8 Å². The van der Waals surface area contributed by atoms with Gasteiger partial charge >= 0.3 is 5.97 Å². The fraction of sp³-hybridized carbons (Fsp3) is 0.188. The fourth-order valence-corrected chi connectivity index (χ4v) is 2.27. The van der Waals surface area contributed by atoms with Gasteiger partial charge in [0, 0.05) is 6.54 Å². The summed E-state index contributed by atoms with van der Waals surface area (Å²) in [7, 11) is 0. The molecule has 0 radical (unpaired) electrons. The number of carboxylic acid groups (broad SMARTS) is 1. The maximum atomic E-state index is 10.9. The number of halogens is 2. The first-order valence-electron chi connectivity index (χ1n) is 6.48. The lowest BCUT2D eigenvalue weighted by atomic mass is 10.00. The van der Waals surface area contributed by atoms with E-state index in [9.17, 15) is 4.79 Å². The number of hydrogen-bond acceptors (Lipinski definition) is 2. The lowest BCUT2D eigenvalue weighted by molar-refractivity contribution is -0.138. The minimum Gasteiger partial charge on any atom is -0.481 e. The number of benzene rings is 2. The van der Waals surface area contributed by atoms with E-state index in [1.165, 1.54) is 0 Å². The fourth-order valence-electron chi connectivity index (χ4n) is 1.90. The Balaban J connectivity index is 2.04. The standard InChI is InChI=1S/C16H15Cl2NO2/c1-10(16(20)21)12-7-5-11(6-8-12)9-19-14-4-2-3-13(17)15(14)18/h2-8,10,19H,9H2,1H3,(H,20,21). The Bertz CT molecular complexity index is 641. The molecule has 21 heavy (non-hydrogen) atoms. The molecule has 0 aliphatic carbocycles. The van der Waals surface area contributed by atoms with Crippen LogP contribution >= 0.6 is 23.2 Å². The number of carbonyl (C=O) groups is 1. The zero-order valence-electron chi connectivity index (χ0n) is 11.4. The van der Waals surface area contributed by atoms with Crippen LogP contribution in [0.1, 0.15) is 24.0 Å². The Morgan fingerprint density at radius 2 is 1.86 bits per heavy atom. The third kappa shape index (κ3) is 3.90. The van der Waals surface area contributed by atoms with Crippen molar-refractivity contribution in [2.45, 2.75) is 19.4 Å². The van der Waals surface area contributed by atoms with Crippen LogP contribution in [0.25, 0.3) is 0 Å². The molecule has 3 nitrogen and oxygen atoms in total. The summed E-state index contributed by atoms with van der Waals surface area (Å²) in [5.41, 5.74) is 2.59. The molecule has 1 atom stereocenters. The second kappa shape index (κ2) is 6.83. The van der Waals surface area contributed by atoms with Crippen molar-refractivity contribution < 1.29 is 9.90 Å². The van der Waals surface area contributed by atoms with Crippen molar-refractivity contribution in [1.29, 1.82) is 0 Å². The molecule has 0 aliphatic heterocycles. The summed E-state index contributed by atoms with van der Waals surface area (Å²) in [5.74, 6) is -1.33. The lowest BCUT2D eigenvalue weighted by Crippen LogP contribution is -2.07. The Morgan fingerprint density at radius 3 is 2.48 bits per heavy atom. The molecule has 0 saturated heterocycles. The number of aliphatic carboxylic acids is 1. The number of carboxylic acids is 1. The number of rotatable bonds is 5. The van der Waals surface area contributed by atoms with Crippen LogP contribution in [0.15, 0.2) is 42.5 Å². The molecular weight excluding hydrogens is 309 g/mol. The van der Waals surface area contributed by atoms with Crippen LogP contribution in [0.2, 0.25) is 10.0 Å². The van der Waals surface area contributed by atoms with Crippen molar-refractivity contribution in [1.82, 2.24) is 0 Å². The predicted octanol–water partition coefficient (Wildman–Crippen LogP) is 4.79. The minimum absolute atomic E-state index is 0.496. The molecule has 0 amide bonds. The topological polar surface area (TPSA) is 49.3 Å². The van der Waals surface area contributed by atoms with Crippen LogP contribution in [0.5, 0.6) is 0 Å². The molecule has 0 fully saturated rings. The van der Waals surface area contributed by atoms with Crippen molar-refractivity contribution in [2.24, 2.45) is 0 Å². The zero-order valence-corrected chi connectivity index (χ0v) is 12.9. The SMILES string of the molecule is CC(C(=O)O)c1ccc(CNc2cccc(Cl)c2Cl)cc1. The molecule has 1 unspecified atom stereocenters. The minimum atomic E-state index is -0.827. The number of anilines is 1. The van der Waals surface area contributed by atoms with Crippen LogP contribution in [-0.4, -0.2) is 11.1 Å². The molecule has 2 rings (SSSR count). The first-order valence-corrected chi connectivity index (χ1v) is 7.24. The summed E-state index contributed by atoms with van der Waals surface area (Å²) in [6.45, 7) is 2.25. The first kappa shape index (κ1) is 15.7. The largest absolute Gasteiger partial charge is 0.481 e. The maximum absolute atomic E-state index is 10.9. The molecule has 0 heterocycles. The van der Waals surface area contributed by atoms with Crippen LogP contribution < -0.4 is 5.32 Å². The number of nitrogens with one attached hydrogen (secondary N) is 1. The van der Waals surface area contributed by atoms with Crippen LogP contribution in [0, 0.1) is 0 Å². The van der Waals surface area contributed by atoms with Crippen molar-refractivity contribution in [3.63, 3.8) is 0 Å². The molecule has 2 aromatic carbocycles. The molecule has 2 aromatic rings. The summed E-state index contributed by atoms with van der Waals surface area (Å²) in [6, 6.07) is 12.9. The van der Waals surface area contributed by atoms with Gasteiger partial charge < -0.3 is 10.4 Å². The summed E-state index contributed by atoms with van der Waals surface area (Å²) in [5, 5.41) is 13.2. The van der Waals surface area contributed by atoms with Gasteiger partial charge in [0.2, 0.25) is 0 Å². The Kier molecular flexibility index (Phi) is 5.10. The Morgan fingerprint density at radius 1 is 1.19 bits per heavy atom. The van der Waals surface area contributed by atoms with Gasteiger partial charge in [-0.1, -0.05) is 53.5 Å². The van der Waals surface area contributed by atoms with Gasteiger partial charge in [-0.15, -0.1) is 0 Å². The van der Waals surface area contributed by atoms with Crippen molar-refractivity contribution in [3.8, 4) is 0 Å². The van der Waals surface area contributed by atoms with E-state index in [2.05, 4.69) is 5.32 Å². The Labute approximate surface area is 133 Å². The van der Waals surface area contributed by atoms with E-state index in [-0.39, 0.29) is 0 Å². The number of hydrogen-bond donors (Lipinski definition) is 2. The van der Waals surface area contributed by atoms with Gasteiger partial charge in [-0.05, 0) is 30.2 Å².